The van der Waals surface area contributed by atoms with Crippen molar-refractivity contribution in [3.63, 3.8) is 0 Å². The van der Waals surface area contributed by atoms with Crippen LogP contribution in [-0.4, -0.2) is 20.5 Å². The Hall–Kier alpha value is -2.55. The maximum absolute atomic E-state index is 12.3. The van der Waals surface area contributed by atoms with Crippen molar-refractivity contribution in [3.8, 4) is 0 Å². The molecule has 25 heavy (non-hydrogen) atoms. The number of carbonyl (C=O) groups is 1. The molecule has 2 aromatic carbocycles. The second-order valence-corrected chi connectivity index (χ2v) is 7.06. The van der Waals surface area contributed by atoms with Gasteiger partial charge in [0.1, 0.15) is 0 Å². The van der Waals surface area contributed by atoms with Crippen LogP contribution in [0, 0.1) is 13.8 Å². The van der Waals surface area contributed by atoms with Gasteiger partial charge in [-0.1, -0.05) is 6.07 Å². The lowest BCUT2D eigenvalue weighted by Crippen LogP contribution is -2.29. The molecule has 2 aromatic rings. The number of alkyl halides is 3. The van der Waals surface area contributed by atoms with Gasteiger partial charge in [0.25, 0.3) is 10.0 Å². The number of halogens is 3. The summed E-state index contributed by atoms with van der Waals surface area (Å²) in [6.07, 6.45) is -5.02. The van der Waals surface area contributed by atoms with Crippen LogP contribution in [0.15, 0.2) is 47.4 Å². The van der Waals surface area contributed by atoms with Gasteiger partial charge in [-0.25, -0.2) is 8.42 Å². The van der Waals surface area contributed by atoms with Gasteiger partial charge in [-0.2, -0.15) is 13.2 Å². The van der Waals surface area contributed by atoms with Crippen LogP contribution in [0.25, 0.3) is 0 Å². The summed E-state index contributed by atoms with van der Waals surface area (Å²) in [5.41, 5.74) is 2.13. The van der Waals surface area contributed by atoms with Crippen molar-refractivity contribution >= 4 is 27.3 Å². The maximum atomic E-state index is 12.3. The molecular weight excluding hydrogens is 357 g/mol. The van der Waals surface area contributed by atoms with E-state index >= 15 is 0 Å². The number of rotatable bonds is 4. The number of hydrogen-bond acceptors (Lipinski definition) is 3. The van der Waals surface area contributed by atoms with Crippen molar-refractivity contribution in [3.05, 3.63) is 53.6 Å². The summed E-state index contributed by atoms with van der Waals surface area (Å²) in [6, 6.07) is 9.42. The molecule has 0 aliphatic carbocycles. The van der Waals surface area contributed by atoms with Gasteiger partial charge in [0, 0.05) is 11.4 Å². The molecule has 0 aliphatic heterocycles. The third-order valence-electron chi connectivity index (χ3n) is 3.44. The molecule has 0 unspecified atom stereocenters. The Kier molecular flexibility index (Phi) is 5.07. The van der Waals surface area contributed by atoms with Crippen LogP contribution >= 0.6 is 0 Å². The highest BCUT2D eigenvalue weighted by Crippen LogP contribution is 2.22. The zero-order valence-corrected chi connectivity index (χ0v) is 14.1. The molecule has 0 spiro atoms. The maximum Gasteiger partial charge on any atom is 0.471 e. The Labute approximate surface area is 142 Å². The van der Waals surface area contributed by atoms with E-state index in [-0.39, 0.29) is 10.6 Å². The minimum absolute atomic E-state index is 0.143. The lowest BCUT2D eigenvalue weighted by Gasteiger charge is -2.11. The van der Waals surface area contributed by atoms with Gasteiger partial charge in [-0.3, -0.25) is 9.52 Å². The molecule has 134 valence electrons. The lowest BCUT2D eigenvalue weighted by molar-refractivity contribution is -0.167. The summed E-state index contributed by atoms with van der Waals surface area (Å²) in [6.45, 7) is 3.73. The number of sulfonamides is 1. The van der Waals surface area contributed by atoms with Crippen LogP contribution in [0.1, 0.15) is 11.1 Å². The molecule has 0 atom stereocenters. The van der Waals surface area contributed by atoms with Crippen molar-refractivity contribution < 1.29 is 26.4 Å². The first-order chi connectivity index (χ1) is 11.5. The van der Waals surface area contributed by atoms with Gasteiger partial charge in [-0.15, -0.1) is 0 Å². The van der Waals surface area contributed by atoms with Gasteiger partial charge in [0.2, 0.25) is 0 Å². The fraction of sp³-hybridized carbons (Fsp3) is 0.188. The van der Waals surface area contributed by atoms with Gasteiger partial charge in [0.15, 0.2) is 0 Å². The van der Waals surface area contributed by atoms with Gasteiger partial charge in [-0.05, 0) is 61.4 Å². The molecule has 0 radical (unpaired) electrons. The third-order valence-corrected chi connectivity index (χ3v) is 4.84. The highest BCUT2D eigenvalue weighted by atomic mass is 32.2. The number of aryl methyl sites for hydroxylation is 2. The van der Waals surface area contributed by atoms with Crippen LogP contribution in [0.5, 0.6) is 0 Å². The minimum atomic E-state index is -5.02. The van der Waals surface area contributed by atoms with E-state index in [0.717, 1.165) is 35.4 Å². The van der Waals surface area contributed by atoms with Crippen LogP contribution in [0.3, 0.4) is 0 Å². The molecule has 5 nitrogen and oxygen atoms in total. The normalized spacial score (nSPS) is 11.9. The Balaban J connectivity index is 2.17. The predicted octanol–water partition coefficient (Wildman–Crippen LogP) is 3.61. The first-order valence-corrected chi connectivity index (χ1v) is 8.56. The largest absolute Gasteiger partial charge is 0.471 e. The monoisotopic (exact) mass is 372 g/mol. The number of carbonyl (C=O) groups excluding carboxylic acids is 1. The van der Waals surface area contributed by atoms with Gasteiger partial charge < -0.3 is 5.32 Å². The number of hydrogen-bond donors (Lipinski definition) is 2. The number of nitrogens with one attached hydrogen (secondary N) is 2. The predicted molar refractivity (Wildman–Crippen MR) is 87.9 cm³/mol. The van der Waals surface area contributed by atoms with Crippen LogP contribution < -0.4 is 10.0 Å². The van der Waals surface area contributed by atoms with E-state index in [9.17, 15) is 26.4 Å². The Morgan fingerprint density at radius 3 is 2.00 bits per heavy atom. The molecule has 0 saturated heterocycles. The molecule has 0 aromatic heterocycles. The highest BCUT2D eigenvalue weighted by Gasteiger charge is 2.38. The quantitative estimate of drug-likeness (QED) is 0.861. The molecule has 2 rings (SSSR count). The van der Waals surface area contributed by atoms with E-state index in [1.54, 1.807) is 23.5 Å². The summed E-state index contributed by atoms with van der Waals surface area (Å²) in [5, 5.41) is 1.64. The van der Waals surface area contributed by atoms with Gasteiger partial charge >= 0.3 is 12.1 Å². The standard InChI is InChI=1S/C16H15F3N2O3S/c1-10-3-4-13(9-11(10)2)21-25(23,24)14-7-5-12(6-8-14)20-15(22)16(17,18)19/h3-9,21H,1-2H3,(H,20,22). The molecule has 9 heteroatoms. The Morgan fingerprint density at radius 1 is 0.920 bits per heavy atom. The highest BCUT2D eigenvalue weighted by molar-refractivity contribution is 7.92. The van der Waals surface area contributed by atoms with E-state index < -0.39 is 22.1 Å². The number of amides is 1. The minimum Gasteiger partial charge on any atom is -0.318 e. The van der Waals surface area contributed by atoms with Crippen LogP contribution in [0.4, 0.5) is 24.5 Å². The van der Waals surface area contributed by atoms with E-state index in [2.05, 4.69) is 4.72 Å². The first kappa shape index (κ1) is 18.8. The number of anilines is 2. The molecule has 1 amide bonds. The van der Waals surface area contributed by atoms with Crippen LogP contribution in [-0.2, 0) is 14.8 Å². The zero-order valence-electron chi connectivity index (χ0n) is 13.3. The summed E-state index contributed by atoms with van der Waals surface area (Å²) < 4.78 is 63.6. The summed E-state index contributed by atoms with van der Waals surface area (Å²) in [5.74, 6) is -2.13. The first-order valence-electron chi connectivity index (χ1n) is 7.07. The zero-order chi connectivity index (χ0) is 18.8. The van der Waals surface area contributed by atoms with Crippen molar-refractivity contribution in [2.24, 2.45) is 0 Å². The van der Waals surface area contributed by atoms with Crippen LogP contribution in [0.2, 0.25) is 0 Å². The fourth-order valence-electron chi connectivity index (χ4n) is 1.94. The topological polar surface area (TPSA) is 75.3 Å². The van der Waals surface area contributed by atoms with E-state index in [4.69, 9.17) is 0 Å². The molecular formula is C16H15F3N2O3S. The average Bonchev–Trinajstić information content (AvgIpc) is 2.50. The van der Waals surface area contributed by atoms with Crippen molar-refractivity contribution in [2.75, 3.05) is 10.0 Å². The molecule has 0 saturated carbocycles. The van der Waals surface area contributed by atoms with Gasteiger partial charge in [0.05, 0.1) is 4.90 Å². The molecule has 0 aliphatic rings. The summed E-state index contributed by atoms with van der Waals surface area (Å²) in [7, 11) is -3.90. The third kappa shape index (κ3) is 4.72. The second-order valence-electron chi connectivity index (χ2n) is 5.38. The van der Waals surface area contributed by atoms with Crippen molar-refractivity contribution in [1.82, 2.24) is 0 Å². The van der Waals surface area contributed by atoms with Crippen molar-refractivity contribution in [1.29, 1.82) is 0 Å². The Morgan fingerprint density at radius 2 is 1.48 bits per heavy atom. The number of benzene rings is 2. The smallest absolute Gasteiger partial charge is 0.318 e. The molecule has 0 fully saturated rings. The second kappa shape index (κ2) is 6.75. The fourth-order valence-corrected chi connectivity index (χ4v) is 2.99. The van der Waals surface area contributed by atoms with E-state index in [1.165, 1.54) is 0 Å². The Bertz CT molecular complexity index is 892. The van der Waals surface area contributed by atoms with Crippen molar-refractivity contribution in [2.45, 2.75) is 24.9 Å². The summed E-state index contributed by atoms with van der Waals surface area (Å²) >= 11 is 0. The molecule has 0 heterocycles. The SMILES string of the molecule is Cc1ccc(NS(=O)(=O)c2ccc(NC(=O)C(F)(F)F)cc2)cc1C. The molecule has 2 N–H and O–H groups in total. The lowest BCUT2D eigenvalue weighted by atomic mass is 10.1. The molecule has 0 bridgehead atoms. The summed E-state index contributed by atoms with van der Waals surface area (Å²) in [4.78, 5) is 10.7. The van der Waals surface area contributed by atoms with E-state index in [0.29, 0.717) is 5.69 Å². The average molecular weight is 372 g/mol. The van der Waals surface area contributed by atoms with E-state index in [1.807, 2.05) is 13.8 Å².